The Morgan fingerprint density at radius 3 is 1.20 bits per heavy atom. The van der Waals surface area contributed by atoms with E-state index >= 15 is 0 Å². The number of hydrogen-bond acceptors (Lipinski definition) is 8. The Balaban J connectivity index is 1.92. The molecule has 266 valence electrons. The zero-order valence-corrected chi connectivity index (χ0v) is 31.2. The Kier molecular flexibility index (Phi) is 15.4. The third-order valence-electron chi connectivity index (χ3n) is 10.3. The second-order valence-corrected chi connectivity index (χ2v) is 16.4. The molecular weight excluding hydrogens is 580 g/mol. The van der Waals surface area contributed by atoms with Crippen molar-refractivity contribution in [3.8, 4) is 0 Å². The van der Waals surface area contributed by atoms with Crippen molar-refractivity contribution in [3.63, 3.8) is 0 Å². The molecule has 0 N–H and O–H groups in total. The fourth-order valence-electron chi connectivity index (χ4n) is 8.05. The number of carbonyl (C=O) groups is 4. The lowest BCUT2D eigenvalue weighted by Crippen LogP contribution is -2.66. The minimum Gasteiger partial charge on any atom is -0.366 e. The van der Waals surface area contributed by atoms with Gasteiger partial charge in [-0.1, -0.05) is 90.9 Å². The van der Waals surface area contributed by atoms with Crippen LogP contribution in [0.3, 0.4) is 0 Å². The summed E-state index contributed by atoms with van der Waals surface area (Å²) in [6, 6.07) is 0. The summed E-state index contributed by atoms with van der Waals surface area (Å²) in [6.07, 6.45) is 16.8. The quantitative estimate of drug-likeness (QED) is 0.128. The Hall–Kier alpha value is -1.80. The monoisotopic (exact) mass is 649 g/mol. The Morgan fingerprint density at radius 1 is 0.565 bits per heavy atom. The normalized spacial score (nSPS) is 24.1. The third-order valence-corrected chi connectivity index (χ3v) is 10.3. The molecule has 46 heavy (non-hydrogen) atoms. The molecule has 0 aromatic rings. The number of carbonyl (C=O) groups excluding carboxylic acids is 4. The fourth-order valence-corrected chi connectivity index (χ4v) is 8.05. The number of nitrogens with zero attached hydrogens (tertiary/aromatic N) is 2. The smallest absolute Gasteiger partial charge is 0.325 e. The zero-order chi connectivity index (χ0) is 34.8. The van der Waals surface area contributed by atoms with Crippen molar-refractivity contribution < 1.29 is 28.9 Å². The number of Topliss-reactive ketones (excluding diaryl/α,β-unsaturated/α-hetero) is 2. The molecule has 2 saturated heterocycles. The molecule has 0 aromatic carbocycles. The lowest BCUT2D eigenvalue weighted by molar-refractivity contribution is -0.265. The molecule has 0 aromatic heterocycles. The summed E-state index contributed by atoms with van der Waals surface area (Å²) in [5, 5.41) is 3.10. The molecule has 0 spiro atoms. The molecule has 0 saturated carbocycles. The van der Waals surface area contributed by atoms with Crippen molar-refractivity contribution in [2.45, 2.75) is 207 Å². The number of ketones is 2. The molecule has 8 nitrogen and oxygen atoms in total. The molecule has 0 radical (unpaired) electrons. The standard InChI is InChI=1S/C38H68N2O6/c1-11-13-15-17-19-21-23-29-27-35(3,4)39(37(7,8)33(29)43)45-31(41)25-26-32(42)46-40-36(5,6)28-30(34(44)38(40,9)10)24-22-20-18-16-14-12-2/h29-30H,11-28H2,1-10H3. The van der Waals surface area contributed by atoms with Gasteiger partial charge in [0.05, 0.1) is 23.9 Å². The third kappa shape index (κ3) is 10.9. The summed E-state index contributed by atoms with van der Waals surface area (Å²) >= 11 is 0. The predicted molar refractivity (Wildman–Crippen MR) is 184 cm³/mol. The van der Waals surface area contributed by atoms with Gasteiger partial charge in [0.1, 0.15) is 11.1 Å². The maximum atomic E-state index is 13.5. The van der Waals surface area contributed by atoms with Crippen LogP contribution >= 0.6 is 0 Å². The highest BCUT2D eigenvalue weighted by Gasteiger charge is 2.55. The molecule has 2 heterocycles. The summed E-state index contributed by atoms with van der Waals surface area (Å²) in [7, 11) is 0. The molecule has 8 heteroatoms. The highest BCUT2D eigenvalue weighted by Crippen LogP contribution is 2.43. The maximum Gasteiger partial charge on any atom is 0.325 e. The van der Waals surface area contributed by atoms with E-state index < -0.39 is 34.1 Å². The molecule has 2 atom stereocenters. The van der Waals surface area contributed by atoms with Crippen LogP contribution in [-0.4, -0.2) is 55.8 Å². The van der Waals surface area contributed by atoms with E-state index in [-0.39, 0.29) is 36.2 Å². The molecule has 0 bridgehead atoms. The number of hydroxylamine groups is 4. The van der Waals surface area contributed by atoms with E-state index in [1.54, 1.807) is 10.1 Å². The average Bonchev–Trinajstić information content (AvgIpc) is 2.97. The van der Waals surface area contributed by atoms with Crippen molar-refractivity contribution >= 4 is 23.5 Å². The van der Waals surface area contributed by atoms with E-state index in [4.69, 9.17) is 9.68 Å². The number of unbranched alkanes of at least 4 members (excludes halogenated alkanes) is 10. The van der Waals surface area contributed by atoms with E-state index in [1.807, 2.05) is 55.4 Å². The minimum absolute atomic E-state index is 0.0644. The van der Waals surface area contributed by atoms with Gasteiger partial charge in [-0.2, -0.15) is 0 Å². The molecule has 0 aliphatic carbocycles. The lowest BCUT2D eigenvalue weighted by Gasteiger charge is -2.52. The molecule has 2 unspecified atom stereocenters. The van der Waals surface area contributed by atoms with Crippen molar-refractivity contribution in [1.82, 2.24) is 10.1 Å². The van der Waals surface area contributed by atoms with E-state index in [1.165, 1.54) is 51.4 Å². The molecule has 2 aliphatic rings. The summed E-state index contributed by atoms with van der Waals surface area (Å²) in [5.74, 6) is -1.08. The van der Waals surface area contributed by atoms with Crippen LogP contribution in [0.15, 0.2) is 0 Å². The van der Waals surface area contributed by atoms with Gasteiger partial charge in [0.25, 0.3) is 0 Å². The maximum absolute atomic E-state index is 13.5. The van der Waals surface area contributed by atoms with Gasteiger partial charge in [0.2, 0.25) is 0 Å². The van der Waals surface area contributed by atoms with E-state index in [0.29, 0.717) is 12.8 Å². The van der Waals surface area contributed by atoms with Crippen molar-refractivity contribution in [3.05, 3.63) is 0 Å². The summed E-state index contributed by atoms with van der Waals surface area (Å²) in [6.45, 7) is 19.7. The summed E-state index contributed by atoms with van der Waals surface area (Å²) < 4.78 is 0. The Morgan fingerprint density at radius 2 is 0.870 bits per heavy atom. The van der Waals surface area contributed by atoms with Gasteiger partial charge in [-0.3, -0.25) is 19.2 Å². The van der Waals surface area contributed by atoms with Gasteiger partial charge < -0.3 is 9.68 Å². The number of hydrogen-bond donors (Lipinski definition) is 0. The number of rotatable bonds is 19. The van der Waals surface area contributed by atoms with Crippen LogP contribution in [0.2, 0.25) is 0 Å². The number of piperidine rings is 2. The molecule has 2 aliphatic heterocycles. The first-order valence-electron chi connectivity index (χ1n) is 18.5. The minimum atomic E-state index is -0.973. The molecule has 2 fully saturated rings. The van der Waals surface area contributed by atoms with Crippen molar-refractivity contribution in [2.24, 2.45) is 11.8 Å². The second kappa shape index (κ2) is 17.6. The zero-order valence-electron chi connectivity index (χ0n) is 31.2. The van der Waals surface area contributed by atoms with E-state index in [2.05, 4.69) is 13.8 Å². The molecular formula is C38H68N2O6. The first-order chi connectivity index (χ1) is 21.4. The van der Waals surface area contributed by atoms with Gasteiger partial charge in [-0.15, -0.1) is 10.1 Å². The van der Waals surface area contributed by atoms with Crippen LogP contribution in [0.1, 0.15) is 185 Å². The Bertz CT molecular complexity index is 937. The second-order valence-electron chi connectivity index (χ2n) is 16.4. The van der Waals surface area contributed by atoms with Crippen molar-refractivity contribution in [2.75, 3.05) is 0 Å². The fraction of sp³-hybridized carbons (Fsp3) is 0.895. The highest BCUT2D eigenvalue weighted by atomic mass is 16.7. The molecule has 2 rings (SSSR count). The van der Waals surface area contributed by atoms with Crippen LogP contribution in [0.5, 0.6) is 0 Å². The van der Waals surface area contributed by atoms with Crippen LogP contribution < -0.4 is 0 Å². The van der Waals surface area contributed by atoms with Crippen LogP contribution in [0.25, 0.3) is 0 Å². The topological polar surface area (TPSA) is 93.2 Å². The van der Waals surface area contributed by atoms with E-state index in [9.17, 15) is 19.2 Å². The average molecular weight is 649 g/mol. The summed E-state index contributed by atoms with van der Waals surface area (Å²) in [4.78, 5) is 64.8. The Labute approximate surface area is 281 Å². The van der Waals surface area contributed by atoms with Gasteiger partial charge in [-0.05, 0) is 81.1 Å². The summed E-state index contributed by atoms with van der Waals surface area (Å²) in [5.41, 5.74) is -3.01. The van der Waals surface area contributed by atoms with Gasteiger partial charge in [0.15, 0.2) is 11.6 Å². The largest absolute Gasteiger partial charge is 0.366 e. The SMILES string of the molecule is CCCCCCCCC1CC(C)(C)N(OC(=O)CCC(=O)ON2C(C)(C)CC(CCCCCCCC)C(=O)C2(C)C)C(C)(C)C1=O. The first-order valence-corrected chi connectivity index (χ1v) is 18.5. The van der Waals surface area contributed by atoms with Crippen molar-refractivity contribution in [1.29, 1.82) is 0 Å². The molecule has 0 amide bonds. The van der Waals surface area contributed by atoms with Gasteiger partial charge in [0, 0.05) is 11.8 Å². The van der Waals surface area contributed by atoms with Gasteiger partial charge in [-0.25, -0.2) is 0 Å². The van der Waals surface area contributed by atoms with E-state index in [0.717, 1.165) is 38.5 Å². The van der Waals surface area contributed by atoms with Crippen LogP contribution in [0.4, 0.5) is 0 Å². The van der Waals surface area contributed by atoms with Gasteiger partial charge >= 0.3 is 11.9 Å². The predicted octanol–water partition coefficient (Wildman–Crippen LogP) is 9.08. The van der Waals surface area contributed by atoms with Crippen LogP contribution in [-0.2, 0) is 28.9 Å². The first kappa shape index (κ1) is 40.4. The lowest BCUT2D eigenvalue weighted by atomic mass is 9.72. The van der Waals surface area contributed by atoms with Crippen LogP contribution in [0, 0.1) is 11.8 Å². The highest BCUT2D eigenvalue weighted by molar-refractivity contribution is 5.91.